The summed E-state index contributed by atoms with van der Waals surface area (Å²) in [5.74, 6) is 0. The van der Waals surface area contributed by atoms with Crippen LogP contribution in [0.4, 0.5) is 0 Å². The normalized spacial score (nSPS) is 15.9. The van der Waals surface area contributed by atoms with Crippen molar-refractivity contribution in [3.8, 4) is 0 Å². The first-order valence-corrected chi connectivity index (χ1v) is 8.61. The Morgan fingerprint density at radius 1 is 1.26 bits per heavy atom. The summed E-state index contributed by atoms with van der Waals surface area (Å²) >= 11 is 3.68. The van der Waals surface area contributed by atoms with Gasteiger partial charge in [0.05, 0.1) is 0 Å². The number of hydrogen-bond donors (Lipinski definition) is 0. The van der Waals surface area contributed by atoms with Crippen molar-refractivity contribution in [2.45, 2.75) is 65.0 Å². The van der Waals surface area contributed by atoms with Gasteiger partial charge in [-0.2, -0.15) is 0 Å². The van der Waals surface area contributed by atoms with Crippen LogP contribution in [0.5, 0.6) is 0 Å². The maximum atomic E-state index is 12.4. The average Bonchev–Trinajstić information content (AvgIpc) is 3.17. The molecule has 1 fully saturated rings. The largest absolute Gasteiger partial charge is 0.328 e. The molecule has 2 rings (SSSR count). The summed E-state index contributed by atoms with van der Waals surface area (Å²) in [6.07, 6.45) is 11.0. The molecule has 0 aromatic carbocycles. The molecule has 0 atom stereocenters. The molecule has 1 heterocycles. The molecule has 1 aliphatic rings. The second-order valence-corrected chi connectivity index (χ2v) is 6.54. The van der Waals surface area contributed by atoms with Gasteiger partial charge in [0.25, 0.3) is 0 Å². The quantitative estimate of drug-likeness (QED) is 0.663. The Morgan fingerprint density at radius 3 is 2.37 bits per heavy atom. The fourth-order valence-corrected chi connectivity index (χ4v) is 3.80. The fourth-order valence-electron chi connectivity index (χ4n) is 3.06. The van der Waals surface area contributed by atoms with Gasteiger partial charge in [-0.1, -0.05) is 42.6 Å². The Bertz CT molecular complexity index is 453. The zero-order valence-corrected chi connectivity index (χ0v) is 13.7. The number of halogens is 1. The van der Waals surface area contributed by atoms with Gasteiger partial charge >= 0.3 is 5.69 Å². The van der Waals surface area contributed by atoms with Crippen LogP contribution in [0.15, 0.2) is 17.2 Å². The van der Waals surface area contributed by atoms with E-state index in [1.165, 1.54) is 25.7 Å². The van der Waals surface area contributed by atoms with Gasteiger partial charge in [-0.3, -0.25) is 9.13 Å². The minimum Gasteiger partial charge on any atom is -0.299 e. The van der Waals surface area contributed by atoms with E-state index < -0.39 is 0 Å². The van der Waals surface area contributed by atoms with Crippen LogP contribution in [0.25, 0.3) is 0 Å². The smallest absolute Gasteiger partial charge is 0.299 e. The van der Waals surface area contributed by atoms with E-state index >= 15 is 0 Å². The molecule has 0 unspecified atom stereocenters. The lowest BCUT2D eigenvalue weighted by atomic mass is 9.81. The van der Waals surface area contributed by atoms with Crippen molar-refractivity contribution in [3.63, 3.8) is 0 Å². The van der Waals surface area contributed by atoms with Crippen molar-refractivity contribution in [2.75, 3.05) is 5.33 Å². The predicted molar refractivity (Wildman–Crippen MR) is 83.0 cm³/mol. The number of alkyl halides is 1. The Kier molecular flexibility index (Phi) is 4.93. The molecule has 0 amide bonds. The second-order valence-electron chi connectivity index (χ2n) is 5.98. The molecule has 4 heteroatoms. The standard InChI is InChI=1S/C15H25BrN2O/c1-3-7-15(11-16,8-4-2)12-17-9-10-18(14(17)19)13-5-6-13/h9-10,13H,3-8,11-12H2,1-2H3. The van der Waals surface area contributed by atoms with E-state index in [9.17, 15) is 4.79 Å². The lowest BCUT2D eigenvalue weighted by Crippen LogP contribution is -2.34. The first-order chi connectivity index (χ1) is 9.15. The third kappa shape index (κ3) is 3.33. The van der Waals surface area contributed by atoms with E-state index in [2.05, 4.69) is 29.8 Å². The van der Waals surface area contributed by atoms with E-state index in [0.717, 1.165) is 24.7 Å². The van der Waals surface area contributed by atoms with E-state index in [1.807, 2.05) is 21.5 Å². The predicted octanol–water partition coefficient (Wildman–Crippen LogP) is 3.97. The molecular formula is C15H25BrN2O. The molecule has 0 saturated heterocycles. The Hall–Kier alpha value is -0.510. The van der Waals surface area contributed by atoms with Gasteiger partial charge in [0.2, 0.25) is 0 Å². The molecule has 1 saturated carbocycles. The Balaban J connectivity index is 2.18. The van der Waals surface area contributed by atoms with Crippen molar-refractivity contribution in [2.24, 2.45) is 5.41 Å². The van der Waals surface area contributed by atoms with Crippen molar-refractivity contribution < 1.29 is 0 Å². The Labute approximate surface area is 124 Å². The number of imidazole rings is 1. The van der Waals surface area contributed by atoms with E-state index in [-0.39, 0.29) is 11.1 Å². The summed E-state index contributed by atoms with van der Waals surface area (Å²) in [7, 11) is 0. The molecule has 108 valence electrons. The third-order valence-corrected chi connectivity index (χ3v) is 5.35. The van der Waals surface area contributed by atoms with Gasteiger partial charge < -0.3 is 0 Å². The van der Waals surface area contributed by atoms with Gasteiger partial charge in [-0.25, -0.2) is 4.79 Å². The minimum absolute atomic E-state index is 0.181. The first kappa shape index (κ1) is 14.9. The maximum absolute atomic E-state index is 12.4. The Morgan fingerprint density at radius 2 is 1.89 bits per heavy atom. The molecule has 0 radical (unpaired) electrons. The topological polar surface area (TPSA) is 26.9 Å². The van der Waals surface area contributed by atoms with Crippen molar-refractivity contribution in [1.29, 1.82) is 0 Å². The second kappa shape index (κ2) is 6.29. The van der Waals surface area contributed by atoms with Crippen LogP contribution in [0.1, 0.15) is 58.4 Å². The molecule has 0 N–H and O–H groups in total. The summed E-state index contributed by atoms with van der Waals surface area (Å²) in [4.78, 5) is 12.4. The maximum Gasteiger partial charge on any atom is 0.328 e. The molecule has 0 bridgehead atoms. The van der Waals surface area contributed by atoms with Gasteiger partial charge in [-0.15, -0.1) is 0 Å². The number of nitrogens with zero attached hydrogens (tertiary/aromatic N) is 2. The van der Waals surface area contributed by atoms with Crippen LogP contribution in [0.3, 0.4) is 0 Å². The number of rotatable bonds is 8. The summed E-state index contributed by atoms with van der Waals surface area (Å²) in [5.41, 5.74) is 0.406. The van der Waals surface area contributed by atoms with E-state index in [0.29, 0.717) is 6.04 Å². The zero-order valence-electron chi connectivity index (χ0n) is 12.1. The summed E-state index contributed by atoms with van der Waals surface area (Å²) in [5, 5.41) is 0.975. The van der Waals surface area contributed by atoms with E-state index in [1.54, 1.807) is 0 Å². The van der Waals surface area contributed by atoms with Gasteiger partial charge in [0.1, 0.15) is 0 Å². The molecule has 1 aromatic rings. The highest BCUT2D eigenvalue weighted by atomic mass is 79.9. The zero-order chi connectivity index (χ0) is 13.9. The molecule has 1 aliphatic carbocycles. The summed E-state index contributed by atoms with van der Waals surface area (Å²) in [6.45, 7) is 5.30. The summed E-state index contributed by atoms with van der Waals surface area (Å²) < 4.78 is 3.84. The first-order valence-electron chi connectivity index (χ1n) is 7.49. The number of aromatic nitrogens is 2. The summed E-state index contributed by atoms with van der Waals surface area (Å²) in [6, 6.07) is 0.476. The van der Waals surface area contributed by atoms with Crippen LogP contribution in [-0.2, 0) is 6.54 Å². The minimum atomic E-state index is 0.181. The van der Waals surface area contributed by atoms with Crippen LogP contribution in [0.2, 0.25) is 0 Å². The monoisotopic (exact) mass is 328 g/mol. The van der Waals surface area contributed by atoms with Crippen molar-refractivity contribution in [3.05, 3.63) is 22.9 Å². The molecule has 19 heavy (non-hydrogen) atoms. The molecule has 0 spiro atoms. The van der Waals surface area contributed by atoms with Crippen LogP contribution in [0, 0.1) is 5.41 Å². The van der Waals surface area contributed by atoms with Crippen LogP contribution < -0.4 is 5.69 Å². The highest BCUT2D eigenvalue weighted by Crippen LogP contribution is 2.35. The molecule has 3 nitrogen and oxygen atoms in total. The van der Waals surface area contributed by atoms with Gasteiger partial charge in [-0.05, 0) is 31.1 Å². The van der Waals surface area contributed by atoms with Gasteiger partial charge in [0.15, 0.2) is 0 Å². The van der Waals surface area contributed by atoms with E-state index in [4.69, 9.17) is 0 Å². The molecule has 0 aliphatic heterocycles. The van der Waals surface area contributed by atoms with Gasteiger partial charge in [0, 0.05) is 30.3 Å². The lowest BCUT2D eigenvalue weighted by molar-refractivity contribution is 0.229. The fraction of sp³-hybridized carbons (Fsp3) is 0.800. The molecule has 1 aromatic heterocycles. The number of hydrogen-bond acceptors (Lipinski definition) is 1. The molecular weight excluding hydrogens is 304 g/mol. The average molecular weight is 329 g/mol. The SMILES string of the molecule is CCCC(CBr)(CCC)Cn1ccn(C2CC2)c1=O. The highest BCUT2D eigenvalue weighted by Gasteiger charge is 2.30. The highest BCUT2D eigenvalue weighted by molar-refractivity contribution is 9.09. The van der Waals surface area contributed by atoms with Crippen molar-refractivity contribution in [1.82, 2.24) is 9.13 Å². The third-order valence-electron chi connectivity index (χ3n) is 4.16. The van der Waals surface area contributed by atoms with Crippen molar-refractivity contribution >= 4 is 15.9 Å². The van der Waals surface area contributed by atoms with Crippen LogP contribution in [-0.4, -0.2) is 14.5 Å². The van der Waals surface area contributed by atoms with Crippen LogP contribution >= 0.6 is 15.9 Å². The lowest BCUT2D eigenvalue weighted by Gasteiger charge is -2.31.